The first-order chi connectivity index (χ1) is 9.54. The number of aliphatic carboxylic acids is 1. The summed E-state index contributed by atoms with van der Waals surface area (Å²) in [5.74, 6) is -0.828. The molecule has 116 valence electrons. The standard InChI is InChI=1S/C14H20N2O4S/c1-13(2,3)16-21(19,20)15-11-6-4-10(5-7-11)14(8-9-14)12(17)18/h4-7,15-16H,8-9H2,1-3H3,(H,17,18). The van der Waals surface area contributed by atoms with Crippen molar-refractivity contribution in [2.45, 2.75) is 44.6 Å². The third-order valence-corrected chi connectivity index (χ3v) is 4.68. The number of anilines is 1. The summed E-state index contributed by atoms with van der Waals surface area (Å²) < 4.78 is 28.7. The topological polar surface area (TPSA) is 95.5 Å². The summed E-state index contributed by atoms with van der Waals surface area (Å²) >= 11 is 0. The molecule has 0 unspecified atom stereocenters. The van der Waals surface area contributed by atoms with Crippen molar-refractivity contribution in [3.8, 4) is 0 Å². The van der Waals surface area contributed by atoms with E-state index in [0.717, 1.165) is 0 Å². The van der Waals surface area contributed by atoms with E-state index >= 15 is 0 Å². The fourth-order valence-corrected chi connectivity index (χ4v) is 3.50. The van der Waals surface area contributed by atoms with Gasteiger partial charge in [-0.2, -0.15) is 13.1 Å². The van der Waals surface area contributed by atoms with Crippen LogP contribution in [0.2, 0.25) is 0 Å². The number of hydrogen-bond acceptors (Lipinski definition) is 3. The molecular weight excluding hydrogens is 292 g/mol. The minimum atomic E-state index is -3.66. The number of carbonyl (C=O) groups is 1. The highest BCUT2D eigenvalue weighted by molar-refractivity contribution is 7.90. The molecule has 0 heterocycles. The molecule has 0 amide bonds. The number of carboxylic acids is 1. The number of rotatable bonds is 5. The van der Waals surface area contributed by atoms with Gasteiger partial charge in [0.05, 0.1) is 5.41 Å². The molecule has 1 aromatic carbocycles. The maximum Gasteiger partial charge on any atom is 0.314 e. The van der Waals surface area contributed by atoms with Crippen LogP contribution in [0.25, 0.3) is 0 Å². The van der Waals surface area contributed by atoms with Gasteiger partial charge in [0.1, 0.15) is 0 Å². The van der Waals surface area contributed by atoms with Crippen molar-refractivity contribution < 1.29 is 18.3 Å². The van der Waals surface area contributed by atoms with E-state index in [4.69, 9.17) is 0 Å². The lowest BCUT2D eigenvalue weighted by atomic mass is 9.96. The van der Waals surface area contributed by atoms with E-state index in [0.29, 0.717) is 24.1 Å². The Balaban J connectivity index is 2.12. The molecule has 1 aliphatic carbocycles. The molecule has 0 spiro atoms. The third-order valence-electron chi connectivity index (χ3n) is 3.29. The molecule has 0 bridgehead atoms. The molecular formula is C14H20N2O4S. The van der Waals surface area contributed by atoms with Gasteiger partial charge in [0.2, 0.25) is 0 Å². The molecule has 7 heteroatoms. The van der Waals surface area contributed by atoms with Crippen molar-refractivity contribution in [3.63, 3.8) is 0 Å². The molecule has 3 N–H and O–H groups in total. The van der Waals surface area contributed by atoms with Gasteiger partial charge in [-0.05, 0) is 51.3 Å². The lowest BCUT2D eigenvalue weighted by Crippen LogP contribution is -2.43. The van der Waals surface area contributed by atoms with Crippen molar-refractivity contribution in [1.29, 1.82) is 0 Å². The van der Waals surface area contributed by atoms with E-state index < -0.39 is 27.1 Å². The third kappa shape index (κ3) is 3.74. The summed E-state index contributed by atoms with van der Waals surface area (Å²) in [5.41, 5.74) is -0.243. The number of benzene rings is 1. The minimum Gasteiger partial charge on any atom is -0.481 e. The van der Waals surface area contributed by atoms with Gasteiger partial charge in [0, 0.05) is 11.2 Å². The molecule has 1 aliphatic rings. The number of hydrogen-bond donors (Lipinski definition) is 3. The molecule has 1 aromatic rings. The maximum absolute atomic E-state index is 11.9. The molecule has 6 nitrogen and oxygen atoms in total. The van der Waals surface area contributed by atoms with Gasteiger partial charge in [-0.15, -0.1) is 0 Å². The van der Waals surface area contributed by atoms with Gasteiger partial charge in [-0.3, -0.25) is 9.52 Å². The van der Waals surface area contributed by atoms with Gasteiger partial charge >= 0.3 is 5.97 Å². The summed E-state index contributed by atoms with van der Waals surface area (Å²) in [6.07, 6.45) is 1.25. The second-order valence-corrected chi connectivity index (χ2v) is 7.84. The first kappa shape index (κ1) is 15.8. The Labute approximate surface area is 124 Å². The zero-order valence-corrected chi connectivity index (χ0v) is 13.1. The van der Waals surface area contributed by atoms with Crippen LogP contribution in [0, 0.1) is 0 Å². The van der Waals surface area contributed by atoms with Crippen LogP contribution in [0.5, 0.6) is 0 Å². The van der Waals surface area contributed by atoms with Crippen LogP contribution in [-0.2, 0) is 20.4 Å². The summed E-state index contributed by atoms with van der Waals surface area (Å²) in [4.78, 5) is 11.2. The molecule has 0 atom stereocenters. The molecule has 1 fully saturated rings. The van der Waals surface area contributed by atoms with E-state index in [-0.39, 0.29) is 0 Å². The van der Waals surface area contributed by atoms with Crippen LogP contribution in [0.4, 0.5) is 5.69 Å². The Morgan fingerprint density at radius 3 is 2.10 bits per heavy atom. The highest BCUT2D eigenvalue weighted by Crippen LogP contribution is 2.48. The summed E-state index contributed by atoms with van der Waals surface area (Å²) in [7, 11) is -3.66. The average Bonchev–Trinajstić information content (AvgIpc) is 3.06. The van der Waals surface area contributed by atoms with Crippen molar-refractivity contribution in [3.05, 3.63) is 29.8 Å². The van der Waals surface area contributed by atoms with E-state index in [2.05, 4.69) is 9.44 Å². The SMILES string of the molecule is CC(C)(C)NS(=O)(=O)Nc1ccc(C2(C(=O)O)CC2)cc1. The van der Waals surface area contributed by atoms with Crippen molar-refractivity contribution in [1.82, 2.24) is 4.72 Å². The predicted octanol–water partition coefficient (Wildman–Crippen LogP) is 1.85. The Bertz CT molecular complexity index is 641. The molecule has 2 rings (SSSR count). The summed E-state index contributed by atoms with van der Waals surface area (Å²) in [5, 5.41) is 9.22. The molecule has 1 saturated carbocycles. The van der Waals surface area contributed by atoms with E-state index in [1.165, 1.54) is 0 Å². The van der Waals surface area contributed by atoms with Crippen molar-refractivity contribution in [2.75, 3.05) is 4.72 Å². The van der Waals surface area contributed by atoms with E-state index in [1.54, 1.807) is 45.0 Å². The molecule has 21 heavy (non-hydrogen) atoms. The zero-order chi connectivity index (χ0) is 15.9. The first-order valence-corrected chi connectivity index (χ1v) is 8.18. The Kier molecular flexibility index (Phi) is 3.75. The van der Waals surface area contributed by atoms with E-state index in [1.807, 2.05) is 0 Å². The van der Waals surface area contributed by atoms with E-state index in [9.17, 15) is 18.3 Å². The normalized spacial score (nSPS) is 17.3. The quantitative estimate of drug-likeness (QED) is 0.773. The Hall–Kier alpha value is -1.60. The van der Waals surface area contributed by atoms with Gasteiger partial charge in [-0.25, -0.2) is 0 Å². The highest BCUT2D eigenvalue weighted by Gasteiger charge is 2.51. The number of carboxylic acid groups (broad SMARTS) is 1. The molecule has 0 aromatic heterocycles. The van der Waals surface area contributed by atoms with Gasteiger partial charge in [0.15, 0.2) is 0 Å². The minimum absolute atomic E-state index is 0.400. The molecule has 0 saturated heterocycles. The highest BCUT2D eigenvalue weighted by atomic mass is 32.2. The van der Waals surface area contributed by atoms with Crippen LogP contribution >= 0.6 is 0 Å². The average molecular weight is 312 g/mol. The first-order valence-electron chi connectivity index (χ1n) is 6.70. The second-order valence-electron chi connectivity index (χ2n) is 6.42. The van der Waals surface area contributed by atoms with Crippen LogP contribution in [0.1, 0.15) is 39.2 Å². The van der Waals surface area contributed by atoms with Crippen LogP contribution in [0.15, 0.2) is 24.3 Å². The van der Waals surface area contributed by atoms with Gasteiger partial charge < -0.3 is 5.11 Å². The van der Waals surface area contributed by atoms with Crippen LogP contribution < -0.4 is 9.44 Å². The molecule has 0 aliphatic heterocycles. The van der Waals surface area contributed by atoms with Crippen molar-refractivity contribution >= 4 is 21.9 Å². The predicted molar refractivity (Wildman–Crippen MR) is 80.4 cm³/mol. The van der Waals surface area contributed by atoms with Gasteiger partial charge in [-0.1, -0.05) is 12.1 Å². The largest absolute Gasteiger partial charge is 0.481 e. The summed E-state index contributed by atoms with van der Waals surface area (Å²) in [6.45, 7) is 5.25. The van der Waals surface area contributed by atoms with Crippen LogP contribution in [-0.4, -0.2) is 25.0 Å². The van der Waals surface area contributed by atoms with Gasteiger partial charge in [0.25, 0.3) is 10.2 Å². The number of nitrogens with one attached hydrogen (secondary N) is 2. The maximum atomic E-state index is 11.9. The lowest BCUT2D eigenvalue weighted by Gasteiger charge is -2.21. The molecule has 0 radical (unpaired) electrons. The summed E-state index contributed by atoms with van der Waals surface area (Å²) in [6, 6.07) is 6.49. The van der Waals surface area contributed by atoms with Crippen LogP contribution in [0.3, 0.4) is 0 Å². The fourth-order valence-electron chi connectivity index (χ4n) is 2.19. The smallest absolute Gasteiger partial charge is 0.314 e. The second kappa shape index (κ2) is 4.99. The Morgan fingerprint density at radius 2 is 1.71 bits per heavy atom. The zero-order valence-electron chi connectivity index (χ0n) is 12.3. The fraction of sp³-hybridized carbons (Fsp3) is 0.500. The Morgan fingerprint density at radius 1 is 1.19 bits per heavy atom. The van der Waals surface area contributed by atoms with Crippen molar-refractivity contribution in [2.24, 2.45) is 0 Å². The lowest BCUT2D eigenvalue weighted by molar-refractivity contribution is -0.140. The monoisotopic (exact) mass is 312 g/mol.